The van der Waals surface area contributed by atoms with Crippen LogP contribution in [0.2, 0.25) is 0 Å². The van der Waals surface area contributed by atoms with Crippen molar-refractivity contribution in [3.05, 3.63) is 82.4 Å². The molecule has 1 fully saturated rings. The van der Waals surface area contributed by atoms with E-state index >= 15 is 0 Å². The van der Waals surface area contributed by atoms with Crippen LogP contribution < -0.4 is 24.6 Å². The molecule has 6 rings (SSSR count). The molecule has 1 unspecified atom stereocenters. The predicted octanol–water partition coefficient (Wildman–Crippen LogP) is 9.50. The lowest BCUT2D eigenvalue weighted by Gasteiger charge is -2.39. The molecule has 2 aliphatic heterocycles. The summed E-state index contributed by atoms with van der Waals surface area (Å²) in [7, 11) is 3.12. The van der Waals surface area contributed by atoms with Crippen LogP contribution in [0.5, 0.6) is 11.5 Å². The van der Waals surface area contributed by atoms with E-state index in [9.17, 15) is 50.6 Å². The number of carboxylic acid groups (broad SMARTS) is 1. The Labute approximate surface area is 374 Å². The summed E-state index contributed by atoms with van der Waals surface area (Å²) in [5.74, 6) is -3.43. The molecule has 0 bridgehead atoms. The highest BCUT2D eigenvalue weighted by Gasteiger charge is 2.46. The lowest BCUT2D eigenvalue weighted by atomic mass is 9.80. The van der Waals surface area contributed by atoms with Crippen LogP contribution in [0, 0.1) is 5.92 Å². The van der Waals surface area contributed by atoms with Gasteiger partial charge in [0.1, 0.15) is 11.5 Å². The molecule has 1 saturated carbocycles. The Balaban J connectivity index is 0.000000265. The maximum Gasteiger partial charge on any atom is 0.417 e. The average molecular weight is 922 g/mol. The zero-order chi connectivity index (χ0) is 47.9. The molecule has 18 heteroatoms. The third-order valence-electron chi connectivity index (χ3n) is 11.6. The van der Waals surface area contributed by atoms with Gasteiger partial charge in [0.25, 0.3) is 17.7 Å². The van der Waals surface area contributed by atoms with E-state index in [4.69, 9.17) is 18.9 Å². The summed E-state index contributed by atoms with van der Waals surface area (Å²) in [6.07, 6.45) is -2.94. The van der Waals surface area contributed by atoms with Crippen molar-refractivity contribution in [1.29, 1.82) is 0 Å². The van der Waals surface area contributed by atoms with Gasteiger partial charge >= 0.3 is 18.3 Å². The highest BCUT2D eigenvalue weighted by atomic mass is 19.4. The predicted molar refractivity (Wildman–Crippen MR) is 230 cm³/mol. The second-order valence-electron chi connectivity index (χ2n) is 17.4. The minimum absolute atomic E-state index is 0.0251. The number of rotatable bonds is 15. The largest absolute Gasteiger partial charge is 0.478 e. The van der Waals surface area contributed by atoms with Crippen LogP contribution >= 0.6 is 0 Å². The number of carboxylic acids is 1. The second kappa shape index (κ2) is 20.9. The SMILES string of the molecule is COCCCCN1C(=O)C(C)(C)Oc2cc(C(F)(F)F)c(C(=O)NC3CCCC[C@@H]3Cc3ccccc3)cc21.COCCCCN1C(=O)C(C)(C)Oc2cc(C(F)(F)F)c(C(=O)O)cc21. The first-order valence-corrected chi connectivity index (χ1v) is 21.6. The molecule has 3 amide bonds. The van der Waals surface area contributed by atoms with Crippen molar-refractivity contribution >= 4 is 35.1 Å². The number of methoxy groups -OCH3 is 2. The molecule has 12 nitrogen and oxygen atoms in total. The fourth-order valence-corrected chi connectivity index (χ4v) is 8.34. The Morgan fingerprint density at radius 1 is 0.723 bits per heavy atom. The van der Waals surface area contributed by atoms with Crippen molar-refractivity contribution < 1.29 is 69.6 Å². The van der Waals surface area contributed by atoms with E-state index in [-0.39, 0.29) is 53.8 Å². The maximum absolute atomic E-state index is 14.2. The normalized spacial score (nSPS) is 19.0. The number of halogens is 6. The number of hydrogen-bond donors (Lipinski definition) is 2. The molecular formula is C47H57F6N3O9. The Kier molecular flexibility index (Phi) is 16.3. The van der Waals surface area contributed by atoms with E-state index in [1.165, 1.54) is 50.7 Å². The van der Waals surface area contributed by atoms with Crippen LogP contribution in [-0.2, 0) is 37.8 Å². The number of benzene rings is 3. The molecule has 3 aromatic carbocycles. The highest BCUT2D eigenvalue weighted by molar-refractivity contribution is 6.05. The Morgan fingerprint density at radius 2 is 1.18 bits per heavy atom. The first-order valence-electron chi connectivity index (χ1n) is 21.6. The summed E-state index contributed by atoms with van der Waals surface area (Å²) in [5, 5.41) is 12.1. The van der Waals surface area contributed by atoms with Crippen molar-refractivity contribution in [2.45, 2.75) is 115 Å². The van der Waals surface area contributed by atoms with Gasteiger partial charge in [-0.15, -0.1) is 0 Å². The number of amides is 3. The molecule has 0 saturated heterocycles. The molecule has 2 N–H and O–H groups in total. The summed E-state index contributed by atoms with van der Waals surface area (Å²) in [6, 6.07) is 13.2. The summed E-state index contributed by atoms with van der Waals surface area (Å²) < 4.78 is 104. The third-order valence-corrected chi connectivity index (χ3v) is 11.6. The molecule has 3 aromatic rings. The van der Waals surface area contributed by atoms with E-state index < -0.39 is 63.6 Å². The van der Waals surface area contributed by atoms with E-state index in [0.717, 1.165) is 43.4 Å². The van der Waals surface area contributed by atoms with Crippen LogP contribution in [-0.4, -0.2) is 86.6 Å². The number of hydrogen-bond acceptors (Lipinski definition) is 8. The first kappa shape index (κ1) is 50.6. The van der Waals surface area contributed by atoms with E-state index in [1.807, 2.05) is 30.3 Å². The molecule has 356 valence electrons. The first-order chi connectivity index (χ1) is 30.5. The average Bonchev–Trinajstić information content (AvgIpc) is 3.23. The molecule has 65 heavy (non-hydrogen) atoms. The van der Waals surface area contributed by atoms with Gasteiger partial charge in [0.15, 0.2) is 11.2 Å². The molecule has 0 aromatic heterocycles. The van der Waals surface area contributed by atoms with Crippen molar-refractivity contribution in [2.24, 2.45) is 5.92 Å². The minimum Gasteiger partial charge on any atom is -0.478 e. The number of aromatic carboxylic acids is 1. The highest BCUT2D eigenvalue weighted by Crippen LogP contribution is 2.46. The number of anilines is 2. The van der Waals surface area contributed by atoms with Crippen molar-refractivity contribution in [1.82, 2.24) is 5.32 Å². The summed E-state index contributed by atoms with van der Waals surface area (Å²) in [5.41, 5.74) is -5.16. The number of alkyl halides is 6. The lowest BCUT2D eigenvalue weighted by molar-refractivity contribution is -0.139. The van der Waals surface area contributed by atoms with Crippen molar-refractivity contribution in [2.75, 3.05) is 50.3 Å². The molecule has 1 aliphatic carbocycles. The minimum atomic E-state index is -4.86. The molecule has 2 heterocycles. The van der Waals surface area contributed by atoms with Crippen LogP contribution in [0.25, 0.3) is 0 Å². The fraction of sp³-hybridized carbons (Fsp3) is 0.532. The zero-order valence-corrected chi connectivity index (χ0v) is 37.4. The van der Waals surface area contributed by atoms with Gasteiger partial charge in [-0.05, 0) is 108 Å². The number of unbranched alkanes of at least 4 members (excludes halogenated alkanes) is 2. The summed E-state index contributed by atoms with van der Waals surface area (Å²) >= 11 is 0. The van der Waals surface area contributed by atoms with Gasteiger partial charge in [-0.25, -0.2) is 4.79 Å². The standard InChI is InChI=1S/C30H37F3N2O4.C17H20F3NO5/c1-29(2)28(37)35(15-9-10-16-38-3)25-18-22(23(30(31,32)33)19-26(25)39-29)27(36)34-24-14-8-7-13-21(24)17-20-11-5-4-6-12-20;1-16(2)15(24)21(6-4-5-7-25-3)12-8-10(14(22)23)11(17(18,19)20)9-13(12)26-16/h4-6,11-12,18-19,21,24H,7-10,13-17H2,1-3H3,(H,34,36);8-9H,4-7H2,1-3H3,(H,22,23)/t21-,24?;/m1./s1. The smallest absolute Gasteiger partial charge is 0.417 e. The quantitative estimate of drug-likeness (QED) is 0.113. The molecule has 3 aliphatic rings. The number of carbonyl (C=O) groups is 4. The van der Waals surface area contributed by atoms with Gasteiger partial charge < -0.3 is 39.2 Å². The molecule has 0 radical (unpaired) electrons. The van der Waals surface area contributed by atoms with Crippen molar-refractivity contribution in [3.8, 4) is 11.5 Å². The summed E-state index contributed by atoms with van der Waals surface area (Å²) in [6.45, 7) is 7.44. The van der Waals surface area contributed by atoms with E-state index in [2.05, 4.69) is 5.32 Å². The van der Waals surface area contributed by atoms with Gasteiger partial charge in [-0.3, -0.25) is 14.4 Å². The van der Waals surface area contributed by atoms with Gasteiger partial charge in [-0.1, -0.05) is 43.2 Å². The Bertz CT molecular complexity index is 2180. The fourth-order valence-electron chi connectivity index (χ4n) is 8.34. The monoisotopic (exact) mass is 921 g/mol. The Morgan fingerprint density at radius 3 is 1.65 bits per heavy atom. The van der Waals surface area contributed by atoms with Crippen LogP contribution in [0.3, 0.4) is 0 Å². The van der Waals surface area contributed by atoms with Gasteiger partial charge in [0.2, 0.25) is 0 Å². The maximum atomic E-state index is 14.2. The topological polar surface area (TPSA) is 144 Å². The number of fused-ring (bicyclic) bond motifs is 2. The zero-order valence-electron chi connectivity index (χ0n) is 37.4. The van der Waals surface area contributed by atoms with Crippen LogP contribution in [0.1, 0.15) is 116 Å². The van der Waals surface area contributed by atoms with Crippen LogP contribution in [0.15, 0.2) is 54.6 Å². The van der Waals surface area contributed by atoms with E-state index in [0.29, 0.717) is 51.4 Å². The van der Waals surface area contributed by atoms with E-state index in [1.54, 1.807) is 7.11 Å². The third kappa shape index (κ3) is 12.3. The summed E-state index contributed by atoms with van der Waals surface area (Å²) in [4.78, 5) is 53.4. The molecule has 0 spiro atoms. The molecular weight excluding hydrogens is 865 g/mol. The van der Waals surface area contributed by atoms with Gasteiger partial charge in [0.05, 0.1) is 33.6 Å². The lowest BCUT2D eigenvalue weighted by Crippen LogP contribution is -2.53. The van der Waals surface area contributed by atoms with Gasteiger partial charge in [0, 0.05) is 46.6 Å². The number of ether oxygens (including phenoxy) is 4. The van der Waals surface area contributed by atoms with Gasteiger partial charge in [-0.2, -0.15) is 26.3 Å². The second-order valence-corrected chi connectivity index (χ2v) is 17.4. The Hall–Kier alpha value is -5.36. The van der Waals surface area contributed by atoms with Crippen molar-refractivity contribution in [3.63, 3.8) is 0 Å². The number of nitrogens with one attached hydrogen (secondary N) is 1. The molecule has 2 atom stereocenters. The number of nitrogens with zero attached hydrogens (tertiary/aromatic N) is 2. The van der Waals surface area contributed by atoms with Crippen LogP contribution in [0.4, 0.5) is 37.7 Å². The number of carbonyl (C=O) groups excluding carboxylic acids is 3.